The van der Waals surface area contributed by atoms with Gasteiger partial charge >= 0.3 is 0 Å². The van der Waals surface area contributed by atoms with Gasteiger partial charge in [0.15, 0.2) is 5.13 Å². The van der Waals surface area contributed by atoms with Crippen molar-refractivity contribution in [3.8, 4) is 0 Å². The summed E-state index contributed by atoms with van der Waals surface area (Å²) in [6, 6.07) is 8.35. The zero-order valence-electron chi connectivity index (χ0n) is 15.8. The lowest BCUT2D eigenvalue weighted by atomic mass is 9.49. The molecule has 5 aliphatic rings. The van der Waals surface area contributed by atoms with E-state index in [2.05, 4.69) is 28.0 Å². The molecule has 2 aromatic rings. The number of amides is 1. The number of aromatic nitrogens is 1. The summed E-state index contributed by atoms with van der Waals surface area (Å²) in [5.41, 5.74) is 1.09. The van der Waals surface area contributed by atoms with Gasteiger partial charge < -0.3 is 9.80 Å². The van der Waals surface area contributed by atoms with Crippen molar-refractivity contribution in [3.63, 3.8) is 0 Å². The minimum atomic E-state index is 0.00673. The lowest BCUT2D eigenvalue weighted by Crippen LogP contribution is -2.58. The van der Waals surface area contributed by atoms with Crippen LogP contribution in [0, 0.1) is 23.2 Å². The minimum Gasteiger partial charge on any atom is -0.345 e. The van der Waals surface area contributed by atoms with Crippen LogP contribution < -0.4 is 4.90 Å². The maximum atomic E-state index is 13.5. The molecule has 0 N–H and O–H groups in total. The second-order valence-electron chi connectivity index (χ2n) is 9.44. The third-order valence-corrected chi connectivity index (χ3v) is 8.71. The van der Waals surface area contributed by atoms with E-state index in [0.717, 1.165) is 54.6 Å². The highest BCUT2D eigenvalue weighted by Crippen LogP contribution is 2.60. The molecule has 4 aliphatic carbocycles. The van der Waals surface area contributed by atoms with Crippen molar-refractivity contribution in [1.29, 1.82) is 0 Å². The van der Waals surface area contributed by atoms with Gasteiger partial charge in [0.2, 0.25) is 5.91 Å². The molecule has 2 heterocycles. The first kappa shape index (κ1) is 16.3. The Bertz CT molecular complexity index is 814. The molecule has 0 spiro atoms. The van der Waals surface area contributed by atoms with Gasteiger partial charge in [-0.15, -0.1) is 0 Å². The van der Waals surface area contributed by atoms with Crippen molar-refractivity contribution in [2.45, 2.75) is 38.5 Å². The van der Waals surface area contributed by atoms with Gasteiger partial charge in [-0.3, -0.25) is 4.79 Å². The van der Waals surface area contributed by atoms with E-state index >= 15 is 0 Å². The predicted octanol–water partition coefficient (Wildman–Crippen LogP) is 4.16. The molecule has 4 bridgehead atoms. The van der Waals surface area contributed by atoms with Crippen LogP contribution in [-0.4, -0.2) is 42.0 Å². The normalized spacial score (nSPS) is 35.2. The molecule has 27 heavy (non-hydrogen) atoms. The van der Waals surface area contributed by atoms with Crippen molar-refractivity contribution in [2.24, 2.45) is 23.2 Å². The van der Waals surface area contributed by atoms with Crippen LogP contribution in [0.2, 0.25) is 0 Å². The average molecular weight is 382 g/mol. The van der Waals surface area contributed by atoms with Gasteiger partial charge in [0.1, 0.15) is 0 Å². The number of thiazole rings is 1. The summed E-state index contributed by atoms with van der Waals surface area (Å²) in [6.45, 7) is 3.54. The molecule has 1 saturated heterocycles. The Kier molecular flexibility index (Phi) is 3.59. The molecular weight excluding hydrogens is 354 g/mol. The van der Waals surface area contributed by atoms with Crippen LogP contribution in [0.5, 0.6) is 0 Å². The third kappa shape index (κ3) is 2.61. The number of anilines is 1. The Morgan fingerprint density at radius 1 is 0.963 bits per heavy atom. The van der Waals surface area contributed by atoms with E-state index in [-0.39, 0.29) is 5.41 Å². The standard InChI is InChI=1S/C22H27N3OS/c26-20(22-12-15-9-16(13-22)11-17(10-15)14-22)24-5-7-25(8-6-24)21-23-18-3-1-2-4-19(18)27-21/h1-4,15-17H,5-14H2. The molecule has 0 atom stereocenters. The first-order valence-corrected chi connectivity index (χ1v) is 11.4. The first-order chi connectivity index (χ1) is 13.2. The van der Waals surface area contributed by atoms with Crippen LogP contribution in [0.25, 0.3) is 10.2 Å². The molecule has 1 aromatic carbocycles. The van der Waals surface area contributed by atoms with Gasteiger partial charge in [-0.2, -0.15) is 0 Å². The molecule has 5 heteroatoms. The highest BCUT2D eigenvalue weighted by atomic mass is 32.1. The number of fused-ring (bicyclic) bond motifs is 1. The van der Waals surface area contributed by atoms with Gasteiger partial charge in [0, 0.05) is 26.2 Å². The van der Waals surface area contributed by atoms with Gasteiger partial charge in [0.05, 0.1) is 15.6 Å². The minimum absolute atomic E-state index is 0.00673. The molecule has 0 unspecified atom stereocenters. The zero-order valence-corrected chi connectivity index (χ0v) is 16.6. The fraction of sp³-hybridized carbons (Fsp3) is 0.636. The largest absolute Gasteiger partial charge is 0.345 e. The molecule has 4 saturated carbocycles. The molecule has 1 aromatic heterocycles. The van der Waals surface area contributed by atoms with E-state index < -0.39 is 0 Å². The van der Waals surface area contributed by atoms with E-state index in [0.29, 0.717) is 5.91 Å². The molecule has 7 rings (SSSR count). The van der Waals surface area contributed by atoms with Crippen LogP contribution in [-0.2, 0) is 4.79 Å². The van der Waals surface area contributed by atoms with Crippen LogP contribution in [0.4, 0.5) is 5.13 Å². The van der Waals surface area contributed by atoms with Crippen molar-refractivity contribution in [2.75, 3.05) is 31.1 Å². The van der Waals surface area contributed by atoms with E-state index in [1.54, 1.807) is 11.3 Å². The van der Waals surface area contributed by atoms with Crippen molar-refractivity contribution < 1.29 is 4.79 Å². The summed E-state index contributed by atoms with van der Waals surface area (Å²) in [7, 11) is 0. The van der Waals surface area contributed by atoms with Crippen molar-refractivity contribution >= 4 is 32.6 Å². The number of hydrogen-bond acceptors (Lipinski definition) is 4. The first-order valence-electron chi connectivity index (χ1n) is 10.6. The van der Waals surface area contributed by atoms with Crippen LogP contribution in [0.3, 0.4) is 0 Å². The summed E-state index contributed by atoms with van der Waals surface area (Å²) in [5.74, 6) is 3.00. The molecule has 1 amide bonds. The summed E-state index contributed by atoms with van der Waals surface area (Å²) in [6.07, 6.45) is 7.73. The van der Waals surface area contributed by atoms with Crippen LogP contribution >= 0.6 is 11.3 Å². The average Bonchev–Trinajstić information content (AvgIpc) is 3.11. The maximum absolute atomic E-state index is 13.5. The van der Waals surface area contributed by atoms with Gasteiger partial charge in [-0.05, 0) is 68.4 Å². The Morgan fingerprint density at radius 3 is 2.22 bits per heavy atom. The van der Waals surface area contributed by atoms with E-state index in [1.807, 2.05) is 6.07 Å². The second kappa shape index (κ2) is 5.94. The smallest absolute Gasteiger partial charge is 0.228 e. The molecule has 1 aliphatic heterocycles. The Labute approximate surface area is 164 Å². The number of nitrogens with zero attached hydrogens (tertiary/aromatic N) is 3. The zero-order chi connectivity index (χ0) is 18.0. The number of rotatable bonds is 2. The maximum Gasteiger partial charge on any atom is 0.228 e. The summed E-state index contributed by atoms with van der Waals surface area (Å²) in [4.78, 5) is 22.9. The van der Waals surface area contributed by atoms with E-state index in [4.69, 9.17) is 4.98 Å². The Balaban J connectivity index is 1.16. The molecule has 5 fully saturated rings. The van der Waals surface area contributed by atoms with Gasteiger partial charge in [0.25, 0.3) is 0 Å². The highest BCUT2D eigenvalue weighted by Gasteiger charge is 2.55. The quantitative estimate of drug-likeness (QED) is 0.784. The lowest BCUT2D eigenvalue weighted by molar-refractivity contribution is -0.158. The second-order valence-corrected chi connectivity index (χ2v) is 10.5. The molecule has 0 radical (unpaired) electrons. The predicted molar refractivity (Wildman–Crippen MR) is 109 cm³/mol. The number of hydrogen-bond donors (Lipinski definition) is 0. The molecule has 142 valence electrons. The summed E-state index contributed by atoms with van der Waals surface area (Å²) >= 11 is 1.77. The summed E-state index contributed by atoms with van der Waals surface area (Å²) < 4.78 is 1.25. The fourth-order valence-corrected chi connectivity index (χ4v) is 7.82. The monoisotopic (exact) mass is 381 g/mol. The van der Waals surface area contributed by atoms with Crippen LogP contribution in [0.15, 0.2) is 24.3 Å². The van der Waals surface area contributed by atoms with Gasteiger partial charge in [-0.25, -0.2) is 4.98 Å². The SMILES string of the molecule is O=C(N1CCN(c2nc3ccccc3s2)CC1)C12CC3CC(CC(C3)C1)C2. The topological polar surface area (TPSA) is 36.4 Å². The fourth-order valence-electron chi connectivity index (χ4n) is 6.80. The number of carbonyl (C=O) groups excluding carboxylic acids is 1. The Hall–Kier alpha value is -1.62. The summed E-state index contributed by atoms with van der Waals surface area (Å²) in [5, 5.41) is 1.11. The van der Waals surface area contributed by atoms with Crippen LogP contribution in [0.1, 0.15) is 38.5 Å². The van der Waals surface area contributed by atoms with Crippen molar-refractivity contribution in [3.05, 3.63) is 24.3 Å². The van der Waals surface area contributed by atoms with E-state index in [1.165, 1.54) is 43.2 Å². The molecular formula is C22H27N3OS. The number of carbonyl (C=O) groups is 1. The lowest BCUT2D eigenvalue weighted by Gasteiger charge is -2.57. The van der Waals surface area contributed by atoms with Crippen molar-refractivity contribution in [1.82, 2.24) is 9.88 Å². The number of benzene rings is 1. The third-order valence-electron chi connectivity index (χ3n) is 7.61. The van der Waals surface area contributed by atoms with Gasteiger partial charge in [-0.1, -0.05) is 23.5 Å². The van der Waals surface area contributed by atoms with E-state index in [9.17, 15) is 4.79 Å². The number of para-hydroxylation sites is 1. The highest BCUT2D eigenvalue weighted by molar-refractivity contribution is 7.22. The molecule has 4 nitrogen and oxygen atoms in total. The number of piperazine rings is 1. The Morgan fingerprint density at radius 2 is 1.59 bits per heavy atom.